The number of hydrogen-bond acceptors (Lipinski definition) is 5. The van der Waals surface area contributed by atoms with Crippen LogP contribution in [-0.4, -0.2) is 85.2 Å². The van der Waals surface area contributed by atoms with Crippen molar-refractivity contribution in [1.29, 1.82) is 0 Å². The second-order valence-corrected chi connectivity index (χ2v) is 7.38. The summed E-state index contributed by atoms with van der Waals surface area (Å²) in [6.07, 6.45) is 3.00. The molecule has 3 fully saturated rings. The maximum absolute atomic E-state index is 12.6. The number of nitrogens with zero attached hydrogens (tertiary/aromatic N) is 2. The summed E-state index contributed by atoms with van der Waals surface area (Å²) >= 11 is 1.96. The van der Waals surface area contributed by atoms with Gasteiger partial charge in [-0.3, -0.25) is 9.69 Å². The van der Waals surface area contributed by atoms with Gasteiger partial charge in [-0.25, -0.2) is 0 Å². The number of ether oxygens (including phenoxy) is 1. The number of halogens is 2. The van der Waals surface area contributed by atoms with Crippen LogP contribution in [0.1, 0.15) is 19.3 Å². The molecule has 0 radical (unpaired) electrons. The Morgan fingerprint density at radius 1 is 1.22 bits per heavy atom. The number of hydrogen-bond donors (Lipinski definition) is 1. The van der Waals surface area contributed by atoms with Crippen LogP contribution in [0.3, 0.4) is 0 Å². The standard InChI is InChI=1S/C15H27N3O2S.2ClH/c19-15(10-13-12-21-9-3-16-13)18-4-1-2-14(18)11-17-5-7-20-8-6-17;;/h13-14,16H,1-12H2;2*1H. The van der Waals surface area contributed by atoms with Gasteiger partial charge in [-0.2, -0.15) is 11.8 Å². The number of amides is 1. The Balaban J connectivity index is 0.00000132. The summed E-state index contributed by atoms with van der Waals surface area (Å²) in [6, 6.07) is 0.799. The third kappa shape index (κ3) is 6.25. The van der Waals surface area contributed by atoms with E-state index >= 15 is 0 Å². The minimum absolute atomic E-state index is 0. The molecule has 3 aliphatic rings. The van der Waals surface area contributed by atoms with E-state index in [1.165, 1.54) is 5.75 Å². The Morgan fingerprint density at radius 3 is 2.70 bits per heavy atom. The molecule has 3 heterocycles. The molecule has 5 nitrogen and oxygen atoms in total. The van der Waals surface area contributed by atoms with Gasteiger partial charge in [0, 0.05) is 62.7 Å². The molecule has 0 aromatic carbocycles. The molecule has 0 aromatic heterocycles. The van der Waals surface area contributed by atoms with Crippen molar-refractivity contribution in [3.63, 3.8) is 0 Å². The first-order valence-corrected chi connectivity index (χ1v) is 9.39. The first-order valence-electron chi connectivity index (χ1n) is 8.23. The Labute approximate surface area is 156 Å². The van der Waals surface area contributed by atoms with Crippen LogP contribution in [0.15, 0.2) is 0 Å². The van der Waals surface area contributed by atoms with Gasteiger partial charge in [0.05, 0.1) is 13.2 Å². The molecular weight excluding hydrogens is 357 g/mol. The molecule has 3 aliphatic heterocycles. The zero-order valence-electron chi connectivity index (χ0n) is 13.6. The van der Waals surface area contributed by atoms with Crippen molar-refractivity contribution in [2.45, 2.75) is 31.3 Å². The summed E-state index contributed by atoms with van der Waals surface area (Å²) in [4.78, 5) is 17.2. The summed E-state index contributed by atoms with van der Waals surface area (Å²) in [5, 5.41) is 3.47. The molecule has 1 amide bonds. The molecule has 0 aliphatic carbocycles. The number of morpholine rings is 1. The first kappa shape index (κ1) is 21.3. The van der Waals surface area contributed by atoms with Crippen molar-refractivity contribution in [1.82, 2.24) is 15.1 Å². The molecule has 0 saturated carbocycles. The van der Waals surface area contributed by atoms with Gasteiger partial charge in [-0.05, 0) is 12.8 Å². The van der Waals surface area contributed by atoms with E-state index in [-0.39, 0.29) is 24.8 Å². The highest BCUT2D eigenvalue weighted by atomic mass is 35.5. The highest BCUT2D eigenvalue weighted by Crippen LogP contribution is 2.21. The van der Waals surface area contributed by atoms with Gasteiger partial charge in [-0.15, -0.1) is 24.8 Å². The van der Waals surface area contributed by atoms with Crippen LogP contribution in [0, 0.1) is 0 Å². The van der Waals surface area contributed by atoms with Crippen molar-refractivity contribution < 1.29 is 9.53 Å². The van der Waals surface area contributed by atoms with E-state index in [1.54, 1.807) is 0 Å². The van der Waals surface area contributed by atoms with Gasteiger partial charge in [0.1, 0.15) is 0 Å². The first-order chi connectivity index (χ1) is 10.3. The molecule has 3 saturated heterocycles. The van der Waals surface area contributed by atoms with Crippen molar-refractivity contribution in [2.75, 3.05) is 57.4 Å². The Hall–Kier alpha value is 0.280. The van der Waals surface area contributed by atoms with Gasteiger partial charge < -0.3 is 15.0 Å². The number of nitrogens with one attached hydrogen (secondary N) is 1. The average molecular weight is 386 g/mol. The maximum atomic E-state index is 12.6. The number of thioether (sulfide) groups is 1. The fourth-order valence-electron chi connectivity index (χ4n) is 3.51. The summed E-state index contributed by atoms with van der Waals surface area (Å²) < 4.78 is 5.41. The third-order valence-electron chi connectivity index (χ3n) is 4.69. The van der Waals surface area contributed by atoms with Crippen molar-refractivity contribution >= 4 is 42.5 Å². The molecular formula is C15H29Cl2N3O2S. The lowest BCUT2D eigenvalue weighted by Gasteiger charge is -2.34. The normalized spacial score (nSPS) is 28.8. The van der Waals surface area contributed by atoms with E-state index in [2.05, 4.69) is 15.1 Å². The number of carbonyl (C=O) groups excluding carboxylic acids is 1. The number of rotatable bonds is 4. The smallest absolute Gasteiger partial charge is 0.224 e. The Kier molecular flexibility index (Phi) is 10.2. The average Bonchev–Trinajstić information content (AvgIpc) is 2.97. The molecule has 2 unspecified atom stereocenters. The molecule has 1 N–H and O–H groups in total. The van der Waals surface area contributed by atoms with Gasteiger partial charge in [0.25, 0.3) is 0 Å². The Bertz CT molecular complexity index is 354. The van der Waals surface area contributed by atoms with Gasteiger partial charge in [-0.1, -0.05) is 0 Å². The third-order valence-corrected chi connectivity index (χ3v) is 5.82. The van der Waals surface area contributed by atoms with Crippen LogP contribution in [0.4, 0.5) is 0 Å². The predicted molar refractivity (Wildman–Crippen MR) is 100 cm³/mol. The van der Waals surface area contributed by atoms with E-state index in [0.717, 1.165) is 64.5 Å². The molecule has 2 atom stereocenters. The topological polar surface area (TPSA) is 44.8 Å². The van der Waals surface area contributed by atoms with E-state index in [9.17, 15) is 4.79 Å². The molecule has 0 bridgehead atoms. The van der Waals surface area contributed by atoms with Crippen LogP contribution in [-0.2, 0) is 9.53 Å². The van der Waals surface area contributed by atoms with Crippen molar-refractivity contribution in [2.24, 2.45) is 0 Å². The SMILES string of the molecule is Cl.Cl.O=C(CC1CSCCN1)N1CCCC1CN1CCOCC1. The summed E-state index contributed by atoms with van der Waals surface area (Å²) in [5.41, 5.74) is 0. The quantitative estimate of drug-likeness (QED) is 0.788. The van der Waals surface area contributed by atoms with Crippen LogP contribution < -0.4 is 5.32 Å². The Morgan fingerprint density at radius 2 is 2.00 bits per heavy atom. The number of carbonyl (C=O) groups is 1. The van der Waals surface area contributed by atoms with Gasteiger partial charge >= 0.3 is 0 Å². The second kappa shape index (κ2) is 11.0. The number of likely N-dealkylation sites (tertiary alicyclic amines) is 1. The van der Waals surface area contributed by atoms with E-state index in [1.807, 2.05) is 11.8 Å². The molecule has 0 spiro atoms. The van der Waals surface area contributed by atoms with Crippen LogP contribution in [0.2, 0.25) is 0 Å². The highest BCUT2D eigenvalue weighted by Gasteiger charge is 2.31. The van der Waals surface area contributed by atoms with Crippen LogP contribution in [0.25, 0.3) is 0 Å². The minimum atomic E-state index is 0. The van der Waals surface area contributed by atoms with Crippen LogP contribution >= 0.6 is 36.6 Å². The highest BCUT2D eigenvalue weighted by molar-refractivity contribution is 7.99. The van der Waals surface area contributed by atoms with Gasteiger partial charge in [0.15, 0.2) is 0 Å². The van der Waals surface area contributed by atoms with Crippen LogP contribution in [0.5, 0.6) is 0 Å². The zero-order valence-corrected chi connectivity index (χ0v) is 16.0. The summed E-state index contributed by atoms with van der Waals surface area (Å²) in [5.74, 6) is 2.60. The lowest BCUT2D eigenvalue weighted by molar-refractivity contribution is -0.132. The fourth-order valence-corrected chi connectivity index (χ4v) is 4.46. The van der Waals surface area contributed by atoms with E-state index in [4.69, 9.17) is 4.74 Å². The molecule has 8 heteroatoms. The zero-order chi connectivity index (χ0) is 14.5. The van der Waals surface area contributed by atoms with Gasteiger partial charge in [0.2, 0.25) is 5.91 Å². The molecule has 23 heavy (non-hydrogen) atoms. The van der Waals surface area contributed by atoms with Crippen molar-refractivity contribution in [3.8, 4) is 0 Å². The lowest BCUT2D eigenvalue weighted by atomic mass is 10.1. The summed E-state index contributed by atoms with van der Waals surface area (Å²) in [7, 11) is 0. The van der Waals surface area contributed by atoms with Crippen molar-refractivity contribution in [3.05, 3.63) is 0 Å². The monoisotopic (exact) mass is 385 g/mol. The lowest BCUT2D eigenvalue weighted by Crippen LogP contribution is -2.48. The summed E-state index contributed by atoms with van der Waals surface area (Å²) in [6.45, 7) is 6.72. The van der Waals surface area contributed by atoms with E-state index in [0.29, 0.717) is 24.4 Å². The minimum Gasteiger partial charge on any atom is -0.379 e. The molecule has 0 aromatic rings. The van der Waals surface area contributed by atoms with E-state index < -0.39 is 0 Å². The second-order valence-electron chi connectivity index (χ2n) is 6.23. The maximum Gasteiger partial charge on any atom is 0.224 e. The molecule has 136 valence electrons. The fraction of sp³-hybridized carbons (Fsp3) is 0.933. The largest absolute Gasteiger partial charge is 0.379 e. The molecule has 3 rings (SSSR count). The predicted octanol–water partition coefficient (Wildman–Crippen LogP) is 1.25.